The number of rotatable bonds is 3. The molecule has 1 atom stereocenters. The van der Waals surface area contributed by atoms with Crippen LogP contribution in [0.25, 0.3) is 0 Å². The van der Waals surface area contributed by atoms with Crippen LogP contribution < -0.4 is 5.73 Å². The summed E-state index contributed by atoms with van der Waals surface area (Å²) in [6.07, 6.45) is 4.83. The Hall–Kier alpha value is -0.870. The zero-order valence-electron chi connectivity index (χ0n) is 10.3. The first-order valence-corrected chi connectivity index (χ1v) is 7.88. The Morgan fingerprint density at radius 1 is 1.35 bits per heavy atom. The van der Waals surface area contributed by atoms with Gasteiger partial charge in [-0.25, -0.2) is 8.42 Å². The number of sulfone groups is 1. The van der Waals surface area contributed by atoms with E-state index in [-0.39, 0.29) is 6.04 Å². The Labute approximate surface area is 103 Å². The molecule has 0 amide bonds. The summed E-state index contributed by atoms with van der Waals surface area (Å²) in [6.45, 7) is 1.81. The van der Waals surface area contributed by atoms with Crippen molar-refractivity contribution in [2.24, 2.45) is 5.73 Å². The van der Waals surface area contributed by atoms with Crippen LogP contribution in [0.15, 0.2) is 23.1 Å². The van der Waals surface area contributed by atoms with E-state index in [1.165, 1.54) is 25.5 Å². The smallest absolute Gasteiger partial charge is 0.175 e. The molecule has 1 aliphatic carbocycles. The van der Waals surface area contributed by atoms with E-state index in [9.17, 15) is 8.42 Å². The SMILES string of the molecule is CC(N)c1ccc(C2CCC2)cc1S(C)(=O)=O. The fourth-order valence-corrected chi connectivity index (χ4v) is 3.28. The largest absolute Gasteiger partial charge is 0.324 e. The molecule has 0 saturated heterocycles. The third-order valence-corrected chi connectivity index (χ3v) is 4.66. The molecular formula is C13H19NO2S. The second kappa shape index (κ2) is 4.42. The summed E-state index contributed by atoms with van der Waals surface area (Å²) in [6, 6.07) is 5.46. The zero-order chi connectivity index (χ0) is 12.6. The van der Waals surface area contributed by atoms with Gasteiger partial charge in [0, 0.05) is 12.3 Å². The number of hydrogen-bond donors (Lipinski definition) is 1. The summed E-state index contributed by atoms with van der Waals surface area (Å²) < 4.78 is 23.6. The van der Waals surface area contributed by atoms with Crippen molar-refractivity contribution in [3.05, 3.63) is 29.3 Å². The summed E-state index contributed by atoms with van der Waals surface area (Å²) in [7, 11) is -3.20. The quantitative estimate of drug-likeness (QED) is 0.899. The van der Waals surface area contributed by atoms with Crippen LogP contribution >= 0.6 is 0 Å². The molecule has 2 N–H and O–H groups in total. The van der Waals surface area contributed by atoms with Crippen LogP contribution in [0.3, 0.4) is 0 Å². The molecule has 3 nitrogen and oxygen atoms in total. The highest BCUT2D eigenvalue weighted by Crippen LogP contribution is 2.38. The molecule has 1 aromatic rings. The van der Waals surface area contributed by atoms with Gasteiger partial charge in [0.05, 0.1) is 4.90 Å². The predicted molar refractivity (Wildman–Crippen MR) is 68.7 cm³/mol. The molecule has 0 aromatic heterocycles. The Morgan fingerprint density at radius 3 is 2.41 bits per heavy atom. The zero-order valence-corrected chi connectivity index (χ0v) is 11.1. The van der Waals surface area contributed by atoms with Gasteiger partial charge in [-0.2, -0.15) is 0 Å². The van der Waals surface area contributed by atoms with Crippen molar-refractivity contribution >= 4 is 9.84 Å². The fourth-order valence-electron chi connectivity index (χ4n) is 2.24. The van der Waals surface area contributed by atoms with Crippen molar-refractivity contribution in [3.8, 4) is 0 Å². The van der Waals surface area contributed by atoms with E-state index in [0.29, 0.717) is 10.8 Å². The van der Waals surface area contributed by atoms with Crippen LogP contribution in [0, 0.1) is 0 Å². The van der Waals surface area contributed by atoms with Gasteiger partial charge in [0.25, 0.3) is 0 Å². The summed E-state index contributed by atoms with van der Waals surface area (Å²) >= 11 is 0. The van der Waals surface area contributed by atoms with Gasteiger partial charge in [0.2, 0.25) is 0 Å². The second-order valence-corrected chi connectivity index (χ2v) is 6.97. The van der Waals surface area contributed by atoms with Gasteiger partial charge in [0.1, 0.15) is 0 Å². The van der Waals surface area contributed by atoms with Crippen molar-refractivity contribution < 1.29 is 8.42 Å². The molecular weight excluding hydrogens is 234 g/mol. The predicted octanol–water partition coefficient (Wildman–Crippen LogP) is 2.38. The molecule has 0 bridgehead atoms. The molecule has 4 heteroatoms. The maximum atomic E-state index is 11.8. The highest BCUT2D eigenvalue weighted by atomic mass is 32.2. The minimum Gasteiger partial charge on any atom is -0.324 e. The maximum Gasteiger partial charge on any atom is 0.175 e. The first-order valence-electron chi connectivity index (χ1n) is 5.99. The Morgan fingerprint density at radius 2 is 2.00 bits per heavy atom. The lowest BCUT2D eigenvalue weighted by Crippen LogP contribution is -2.14. The molecule has 2 rings (SSSR count). The molecule has 94 valence electrons. The van der Waals surface area contributed by atoms with E-state index < -0.39 is 9.84 Å². The number of benzene rings is 1. The van der Waals surface area contributed by atoms with E-state index in [4.69, 9.17) is 5.73 Å². The van der Waals surface area contributed by atoms with E-state index in [1.807, 2.05) is 25.1 Å². The molecule has 1 aliphatic rings. The van der Waals surface area contributed by atoms with Crippen molar-refractivity contribution in [3.63, 3.8) is 0 Å². The molecule has 0 spiro atoms. The monoisotopic (exact) mass is 253 g/mol. The molecule has 1 saturated carbocycles. The first kappa shape index (κ1) is 12.6. The first-order chi connectivity index (χ1) is 7.89. The van der Waals surface area contributed by atoms with Gasteiger partial charge >= 0.3 is 0 Å². The third-order valence-electron chi connectivity index (χ3n) is 3.50. The summed E-state index contributed by atoms with van der Waals surface area (Å²) in [4.78, 5) is 0.400. The van der Waals surface area contributed by atoms with Crippen molar-refractivity contribution in [2.75, 3.05) is 6.26 Å². The van der Waals surface area contributed by atoms with Gasteiger partial charge in [-0.15, -0.1) is 0 Å². The molecule has 0 aliphatic heterocycles. The second-order valence-electron chi connectivity index (χ2n) is 4.99. The van der Waals surface area contributed by atoms with Crippen LogP contribution in [-0.4, -0.2) is 14.7 Å². The lowest BCUT2D eigenvalue weighted by Gasteiger charge is -2.26. The average Bonchev–Trinajstić information content (AvgIpc) is 2.13. The highest BCUT2D eigenvalue weighted by Gasteiger charge is 2.23. The van der Waals surface area contributed by atoms with E-state index in [1.54, 1.807) is 0 Å². The van der Waals surface area contributed by atoms with Gasteiger partial charge in [-0.3, -0.25) is 0 Å². The maximum absolute atomic E-state index is 11.8. The number of hydrogen-bond acceptors (Lipinski definition) is 3. The van der Waals surface area contributed by atoms with Gasteiger partial charge in [-0.05, 0) is 42.9 Å². The van der Waals surface area contributed by atoms with Crippen LogP contribution in [-0.2, 0) is 9.84 Å². The minimum atomic E-state index is -3.20. The fraction of sp³-hybridized carbons (Fsp3) is 0.538. The number of nitrogens with two attached hydrogens (primary N) is 1. The minimum absolute atomic E-state index is 0.254. The van der Waals surface area contributed by atoms with Crippen molar-refractivity contribution in [2.45, 2.75) is 43.0 Å². The van der Waals surface area contributed by atoms with Crippen LogP contribution in [0.4, 0.5) is 0 Å². The van der Waals surface area contributed by atoms with E-state index >= 15 is 0 Å². The van der Waals surface area contributed by atoms with Crippen molar-refractivity contribution in [1.82, 2.24) is 0 Å². The average molecular weight is 253 g/mol. The van der Waals surface area contributed by atoms with Gasteiger partial charge in [-0.1, -0.05) is 18.6 Å². The Bertz CT molecular complexity index is 516. The Balaban J connectivity index is 2.50. The molecule has 0 heterocycles. The van der Waals surface area contributed by atoms with Crippen molar-refractivity contribution in [1.29, 1.82) is 0 Å². The topological polar surface area (TPSA) is 60.2 Å². The van der Waals surface area contributed by atoms with E-state index in [2.05, 4.69) is 0 Å². The third kappa shape index (κ3) is 2.53. The summed E-state index contributed by atoms with van der Waals surface area (Å²) in [5, 5.41) is 0. The van der Waals surface area contributed by atoms with Gasteiger partial charge in [0.15, 0.2) is 9.84 Å². The van der Waals surface area contributed by atoms with Gasteiger partial charge < -0.3 is 5.73 Å². The molecule has 0 radical (unpaired) electrons. The summed E-state index contributed by atoms with van der Waals surface area (Å²) in [5.74, 6) is 0.539. The standard InChI is InChI=1S/C13H19NO2S/c1-9(14)12-7-6-11(10-4-3-5-10)8-13(12)17(2,15)16/h6-10H,3-5,14H2,1-2H3. The van der Waals surface area contributed by atoms with Crippen LogP contribution in [0.2, 0.25) is 0 Å². The summed E-state index contributed by atoms with van der Waals surface area (Å²) in [5.41, 5.74) is 7.68. The molecule has 1 fully saturated rings. The highest BCUT2D eigenvalue weighted by molar-refractivity contribution is 7.90. The Kier molecular flexibility index (Phi) is 3.27. The molecule has 17 heavy (non-hydrogen) atoms. The lowest BCUT2D eigenvalue weighted by molar-refractivity contribution is 0.419. The van der Waals surface area contributed by atoms with E-state index in [0.717, 1.165) is 11.1 Å². The lowest BCUT2D eigenvalue weighted by atomic mass is 9.80. The molecule has 1 unspecified atom stereocenters. The normalized spacial score (nSPS) is 18.8. The molecule has 1 aromatic carbocycles. The van der Waals surface area contributed by atoms with Crippen LogP contribution in [0.1, 0.15) is 49.3 Å². The van der Waals surface area contributed by atoms with Crippen LogP contribution in [0.5, 0.6) is 0 Å².